The maximum absolute atomic E-state index is 12.7. The van der Waals surface area contributed by atoms with Crippen LogP contribution in [0.15, 0.2) is 82.0 Å². The molecule has 4 aromatic rings. The predicted octanol–water partition coefficient (Wildman–Crippen LogP) is 2.02. The summed E-state index contributed by atoms with van der Waals surface area (Å²) in [5.74, 6) is -1.13. The summed E-state index contributed by atoms with van der Waals surface area (Å²) in [5, 5.41) is 60.5. The van der Waals surface area contributed by atoms with Crippen molar-refractivity contribution in [3.05, 3.63) is 88.6 Å². The number of carbonyl (C=O) groups excluding carboxylic acids is 1. The van der Waals surface area contributed by atoms with Crippen LogP contribution in [-0.4, -0.2) is 73.9 Å². The highest BCUT2D eigenvalue weighted by Gasteiger charge is 2.45. The Morgan fingerprint density at radius 3 is 2.21 bits per heavy atom. The number of rotatable bonds is 7. The number of aromatic hydroxyl groups is 3. The van der Waals surface area contributed by atoms with E-state index in [2.05, 4.69) is 0 Å². The topological polar surface area (TPSA) is 196 Å². The van der Waals surface area contributed by atoms with E-state index in [1.807, 2.05) is 0 Å². The Labute approximate surface area is 237 Å². The van der Waals surface area contributed by atoms with Gasteiger partial charge in [0.05, 0.1) is 0 Å². The van der Waals surface area contributed by atoms with Crippen molar-refractivity contribution >= 4 is 23.0 Å². The van der Waals surface area contributed by atoms with Gasteiger partial charge in [-0.15, -0.1) is 0 Å². The van der Waals surface area contributed by atoms with E-state index in [1.165, 1.54) is 54.6 Å². The molecule has 1 aliphatic heterocycles. The third kappa shape index (κ3) is 6.21. The van der Waals surface area contributed by atoms with Gasteiger partial charge in [0.15, 0.2) is 5.43 Å². The number of ether oxygens (including phenoxy) is 3. The number of hydrogen-bond donors (Lipinski definition) is 6. The second-order valence-electron chi connectivity index (χ2n) is 9.52. The third-order valence-electron chi connectivity index (χ3n) is 6.55. The second kappa shape index (κ2) is 11.9. The molecule has 12 nitrogen and oxygen atoms in total. The smallest absolute Gasteiger partial charge is 0.330 e. The lowest BCUT2D eigenvalue weighted by molar-refractivity contribution is -0.278. The molecule has 5 rings (SSSR count). The maximum atomic E-state index is 12.7. The summed E-state index contributed by atoms with van der Waals surface area (Å²) in [6.07, 6.45) is -5.43. The third-order valence-corrected chi connectivity index (χ3v) is 6.55. The summed E-state index contributed by atoms with van der Waals surface area (Å²) in [6, 6.07) is 15.5. The van der Waals surface area contributed by atoms with E-state index < -0.39 is 54.5 Å². The van der Waals surface area contributed by atoms with Crippen LogP contribution in [0.3, 0.4) is 0 Å². The van der Waals surface area contributed by atoms with Crippen LogP contribution in [0.4, 0.5) is 0 Å². The predicted molar refractivity (Wildman–Crippen MR) is 147 cm³/mol. The Balaban J connectivity index is 1.31. The van der Waals surface area contributed by atoms with Crippen molar-refractivity contribution in [2.45, 2.75) is 30.7 Å². The van der Waals surface area contributed by atoms with Crippen LogP contribution in [-0.2, 0) is 14.3 Å². The number of hydrogen-bond acceptors (Lipinski definition) is 12. The summed E-state index contributed by atoms with van der Waals surface area (Å²) in [6.45, 7) is -0.503. The van der Waals surface area contributed by atoms with Crippen LogP contribution in [0.25, 0.3) is 28.4 Å². The lowest BCUT2D eigenvalue weighted by Gasteiger charge is -2.39. The van der Waals surface area contributed by atoms with Gasteiger partial charge in [-0.1, -0.05) is 12.1 Å². The number of phenolic OH excluding ortho intramolecular Hbond substituents is 3. The Hall–Kier alpha value is -4.88. The van der Waals surface area contributed by atoms with Crippen molar-refractivity contribution in [2.24, 2.45) is 0 Å². The van der Waals surface area contributed by atoms with Gasteiger partial charge < -0.3 is 49.3 Å². The van der Waals surface area contributed by atoms with Crippen molar-refractivity contribution in [1.29, 1.82) is 0 Å². The van der Waals surface area contributed by atoms with Gasteiger partial charge in [-0.2, -0.15) is 0 Å². The summed E-state index contributed by atoms with van der Waals surface area (Å²) < 4.78 is 22.2. The van der Waals surface area contributed by atoms with Gasteiger partial charge in [0.2, 0.25) is 6.29 Å². The van der Waals surface area contributed by atoms with Crippen LogP contribution in [0, 0.1) is 0 Å². The van der Waals surface area contributed by atoms with Crippen LogP contribution in [0.1, 0.15) is 5.56 Å². The molecule has 1 aromatic heterocycles. The van der Waals surface area contributed by atoms with Gasteiger partial charge in [-0.3, -0.25) is 4.79 Å². The van der Waals surface area contributed by atoms with E-state index in [0.717, 1.165) is 12.1 Å². The average molecular weight is 579 g/mol. The minimum atomic E-state index is -1.74. The van der Waals surface area contributed by atoms with Crippen molar-refractivity contribution in [1.82, 2.24) is 0 Å². The molecule has 42 heavy (non-hydrogen) atoms. The van der Waals surface area contributed by atoms with E-state index in [9.17, 15) is 40.2 Å². The van der Waals surface area contributed by atoms with Gasteiger partial charge in [-0.25, -0.2) is 4.79 Å². The summed E-state index contributed by atoms with van der Waals surface area (Å²) in [4.78, 5) is 24.9. The molecule has 0 spiro atoms. The fourth-order valence-corrected chi connectivity index (χ4v) is 4.33. The highest BCUT2D eigenvalue weighted by molar-refractivity contribution is 5.87. The molecule has 218 valence electrons. The zero-order valence-electron chi connectivity index (χ0n) is 21.7. The Kier molecular flexibility index (Phi) is 8.13. The van der Waals surface area contributed by atoms with Crippen LogP contribution in [0.2, 0.25) is 0 Å². The molecule has 1 aliphatic rings. The number of carbonyl (C=O) groups is 1. The lowest BCUT2D eigenvalue weighted by atomic mass is 9.99. The minimum Gasteiger partial charge on any atom is -0.508 e. The fraction of sp³-hybridized carbons (Fsp3) is 0.200. The average Bonchev–Trinajstić information content (AvgIpc) is 2.96. The van der Waals surface area contributed by atoms with Crippen molar-refractivity contribution in [3.8, 4) is 34.3 Å². The molecule has 5 atom stereocenters. The number of fused-ring (bicyclic) bond motifs is 1. The number of phenols is 3. The maximum Gasteiger partial charge on any atom is 0.330 e. The molecule has 0 bridgehead atoms. The van der Waals surface area contributed by atoms with Crippen LogP contribution < -0.4 is 10.2 Å². The summed E-state index contributed by atoms with van der Waals surface area (Å²) >= 11 is 0. The van der Waals surface area contributed by atoms with Crippen molar-refractivity contribution < 1.29 is 54.1 Å². The molecule has 1 fully saturated rings. The molecule has 6 N–H and O–H groups in total. The lowest BCUT2D eigenvalue weighted by Crippen LogP contribution is -2.60. The minimum absolute atomic E-state index is 0.0205. The molecular formula is C30H26O12. The van der Waals surface area contributed by atoms with Gasteiger partial charge in [0.1, 0.15) is 70.8 Å². The van der Waals surface area contributed by atoms with E-state index in [0.29, 0.717) is 11.1 Å². The van der Waals surface area contributed by atoms with E-state index in [1.54, 1.807) is 12.1 Å². The molecule has 12 heteroatoms. The Bertz CT molecular complexity index is 1660. The van der Waals surface area contributed by atoms with Gasteiger partial charge in [-0.05, 0) is 48.0 Å². The zero-order chi connectivity index (χ0) is 30.0. The highest BCUT2D eigenvalue weighted by atomic mass is 16.7. The number of aliphatic hydroxyl groups excluding tert-OH is 3. The van der Waals surface area contributed by atoms with Gasteiger partial charge in [0.25, 0.3) is 0 Å². The van der Waals surface area contributed by atoms with Crippen molar-refractivity contribution in [2.75, 3.05) is 6.61 Å². The second-order valence-corrected chi connectivity index (χ2v) is 9.52. The zero-order valence-corrected chi connectivity index (χ0v) is 21.7. The first kappa shape index (κ1) is 28.6. The summed E-state index contributed by atoms with van der Waals surface area (Å²) in [7, 11) is 0. The molecule has 0 radical (unpaired) electrons. The molecule has 1 saturated heterocycles. The largest absolute Gasteiger partial charge is 0.508 e. The SMILES string of the molecule is O=C(/C=C/c1ccc(O)cc1)OCC1O[C@@H](Oc2cc(O)c3c(=O)cc(-c4ccc(O)cc4)oc3c2)C(O)[C@@H](O)[C@H]1O. The van der Waals surface area contributed by atoms with E-state index in [4.69, 9.17) is 18.6 Å². The van der Waals surface area contributed by atoms with E-state index >= 15 is 0 Å². The van der Waals surface area contributed by atoms with Crippen molar-refractivity contribution in [3.63, 3.8) is 0 Å². The fourth-order valence-electron chi connectivity index (χ4n) is 4.33. The quantitative estimate of drug-likeness (QED) is 0.138. The Morgan fingerprint density at radius 2 is 1.52 bits per heavy atom. The normalized spacial score (nSPS) is 22.3. The molecule has 0 saturated carbocycles. The van der Waals surface area contributed by atoms with Crippen LogP contribution >= 0.6 is 0 Å². The standard InChI is InChI=1S/C30H26O12/c31-17-6-1-15(2-7-17)3-10-25(35)39-14-24-27(36)28(37)29(38)30(42-24)40-19-11-20(33)26-21(34)13-22(41-23(26)12-19)16-4-8-18(32)9-5-16/h1-13,24,27-33,36-38H,14H2/b10-3+/t24?,27-,28-,29?,30+/m0/s1. The van der Waals surface area contributed by atoms with E-state index in [-0.39, 0.29) is 34.0 Å². The number of aliphatic hydroxyl groups is 3. The highest BCUT2D eigenvalue weighted by Crippen LogP contribution is 2.33. The Morgan fingerprint density at radius 1 is 0.857 bits per heavy atom. The number of benzene rings is 3. The summed E-state index contributed by atoms with van der Waals surface area (Å²) in [5.41, 5.74) is 0.501. The first-order valence-electron chi connectivity index (χ1n) is 12.7. The molecule has 2 unspecified atom stereocenters. The monoisotopic (exact) mass is 578 g/mol. The molecule has 0 amide bonds. The first-order chi connectivity index (χ1) is 20.1. The molecule has 2 heterocycles. The molecular weight excluding hydrogens is 552 g/mol. The number of esters is 1. The van der Waals surface area contributed by atoms with Crippen LogP contribution in [0.5, 0.6) is 23.0 Å². The first-order valence-corrected chi connectivity index (χ1v) is 12.7. The van der Waals surface area contributed by atoms with Gasteiger partial charge >= 0.3 is 5.97 Å². The van der Waals surface area contributed by atoms with Gasteiger partial charge in [0, 0.05) is 29.8 Å². The molecule has 3 aromatic carbocycles. The molecule has 0 aliphatic carbocycles.